The normalized spacial score (nSPS) is 29.0. The molecule has 1 N–H and O–H groups in total. The van der Waals surface area contributed by atoms with E-state index < -0.39 is 24.7 Å². The second-order valence-corrected chi connectivity index (χ2v) is 9.27. The summed E-state index contributed by atoms with van der Waals surface area (Å²) in [5.41, 5.74) is 0.990. The number of fused-ring (bicyclic) bond motifs is 1. The Kier molecular flexibility index (Phi) is 6.43. The number of rotatable bonds is 5. The number of nitrogens with one attached hydrogen (secondary N) is 1. The van der Waals surface area contributed by atoms with Crippen LogP contribution in [0.5, 0.6) is 5.75 Å². The second-order valence-electron chi connectivity index (χ2n) is 8.83. The summed E-state index contributed by atoms with van der Waals surface area (Å²) >= 11 is 6.01. The van der Waals surface area contributed by atoms with E-state index in [1.165, 1.54) is 0 Å². The highest BCUT2D eigenvalue weighted by atomic mass is 35.5. The number of benzene rings is 1. The van der Waals surface area contributed by atoms with Crippen molar-refractivity contribution < 1.29 is 36.6 Å². The van der Waals surface area contributed by atoms with Crippen molar-refractivity contribution in [2.45, 2.75) is 75.2 Å². The topological polar surface area (TPSA) is 95.7 Å². The van der Waals surface area contributed by atoms with Crippen LogP contribution in [0.2, 0.25) is 5.02 Å². The summed E-state index contributed by atoms with van der Waals surface area (Å²) in [5.74, 6) is 0.831. The summed E-state index contributed by atoms with van der Waals surface area (Å²) in [5, 5.41) is 11.6. The molecule has 0 radical (unpaired) electrons. The molecular formula is C22H23ClF3N3O5. The van der Waals surface area contributed by atoms with Crippen molar-refractivity contribution in [3.8, 4) is 5.75 Å². The van der Waals surface area contributed by atoms with E-state index in [-0.39, 0.29) is 37.3 Å². The zero-order valence-electron chi connectivity index (χ0n) is 18.0. The number of carbonyl (C=O) groups is 1. The van der Waals surface area contributed by atoms with Crippen LogP contribution in [0.4, 0.5) is 13.2 Å². The van der Waals surface area contributed by atoms with Gasteiger partial charge in [0.15, 0.2) is 6.10 Å². The van der Waals surface area contributed by atoms with Gasteiger partial charge in [-0.05, 0) is 62.3 Å². The molecule has 2 aliphatic heterocycles. The SMILES string of the molecule is O=C(N[C@H]1CC[C@H](c2nnc(C3CC(OC(F)(F)F)C3)o2)OC1)[C@@H]1CCc2cc(Cl)ccc2O1. The van der Waals surface area contributed by atoms with Gasteiger partial charge in [-0.15, -0.1) is 23.4 Å². The largest absolute Gasteiger partial charge is 0.522 e. The molecule has 1 amide bonds. The third kappa shape index (κ3) is 5.31. The van der Waals surface area contributed by atoms with E-state index in [1.807, 2.05) is 6.07 Å². The first-order valence-electron chi connectivity index (χ1n) is 11.2. The van der Waals surface area contributed by atoms with Crippen LogP contribution in [0.25, 0.3) is 0 Å². The molecule has 3 heterocycles. The van der Waals surface area contributed by atoms with Gasteiger partial charge in [-0.1, -0.05) is 11.6 Å². The smallest absolute Gasteiger partial charge is 0.480 e. The lowest BCUT2D eigenvalue weighted by Crippen LogP contribution is -2.48. The molecule has 12 heteroatoms. The van der Waals surface area contributed by atoms with Gasteiger partial charge >= 0.3 is 6.36 Å². The summed E-state index contributed by atoms with van der Waals surface area (Å²) < 4.78 is 58.1. The molecule has 1 aromatic heterocycles. The first kappa shape index (κ1) is 23.4. The van der Waals surface area contributed by atoms with Crippen molar-refractivity contribution in [3.05, 3.63) is 40.6 Å². The molecule has 0 unspecified atom stereocenters. The molecule has 34 heavy (non-hydrogen) atoms. The average molecular weight is 502 g/mol. The van der Waals surface area contributed by atoms with Crippen LogP contribution in [0, 0.1) is 0 Å². The van der Waals surface area contributed by atoms with Gasteiger partial charge in [0.05, 0.1) is 18.8 Å². The number of hydrogen-bond acceptors (Lipinski definition) is 7. The van der Waals surface area contributed by atoms with Gasteiger partial charge < -0.3 is 19.2 Å². The minimum Gasteiger partial charge on any atom is -0.480 e. The molecule has 3 atom stereocenters. The highest BCUT2D eigenvalue weighted by molar-refractivity contribution is 6.30. The number of hydrogen-bond donors (Lipinski definition) is 1. The fourth-order valence-electron chi connectivity index (χ4n) is 4.49. The van der Waals surface area contributed by atoms with Gasteiger partial charge in [-0.3, -0.25) is 9.53 Å². The van der Waals surface area contributed by atoms with Crippen LogP contribution in [0.15, 0.2) is 22.6 Å². The predicted octanol–water partition coefficient (Wildman–Crippen LogP) is 4.24. The molecule has 184 valence electrons. The fourth-order valence-corrected chi connectivity index (χ4v) is 4.68. The van der Waals surface area contributed by atoms with E-state index in [2.05, 4.69) is 20.3 Å². The molecule has 0 bridgehead atoms. The highest BCUT2D eigenvalue weighted by Crippen LogP contribution is 2.41. The number of ether oxygens (including phenoxy) is 3. The standard InChI is InChI=1S/C22H23ClF3N3O5/c23-13-2-5-16-11(7-13)1-4-17(32-16)19(30)27-14-3-6-18(31-10-14)21-29-28-20(33-21)12-8-15(9-12)34-22(24,25)26/h2,5,7,12,14-15,17-18H,1,3-4,6,8-10H2,(H,27,30)/t12?,14-,15?,17-,18+/m0/s1. The zero-order chi connectivity index (χ0) is 23.9. The minimum absolute atomic E-state index is 0.173. The lowest BCUT2D eigenvalue weighted by molar-refractivity contribution is -0.352. The number of aryl methyl sites for hydroxylation is 1. The third-order valence-corrected chi connectivity index (χ3v) is 6.59. The third-order valence-electron chi connectivity index (χ3n) is 6.36. The van der Waals surface area contributed by atoms with Crippen LogP contribution in [-0.4, -0.2) is 47.3 Å². The second kappa shape index (κ2) is 9.35. The Balaban J connectivity index is 1.07. The summed E-state index contributed by atoms with van der Waals surface area (Å²) in [6.45, 7) is 0.276. The maximum atomic E-state index is 12.7. The number of nitrogens with zero attached hydrogens (tertiary/aromatic N) is 2. The van der Waals surface area contributed by atoms with E-state index in [0.717, 1.165) is 5.56 Å². The van der Waals surface area contributed by atoms with Gasteiger partial charge in [0.25, 0.3) is 5.91 Å². The van der Waals surface area contributed by atoms with Crippen molar-refractivity contribution in [2.75, 3.05) is 6.61 Å². The van der Waals surface area contributed by atoms with Crippen molar-refractivity contribution >= 4 is 17.5 Å². The zero-order valence-corrected chi connectivity index (χ0v) is 18.8. The van der Waals surface area contributed by atoms with Crippen molar-refractivity contribution in [2.24, 2.45) is 0 Å². The van der Waals surface area contributed by atoms with Gasteiger partial charge in [-0.25, -0.2) is 0 Å². The van der Waals surface area contributed by atoms with E-state index >= 15 is 0 Å². The highest BCUT2D eigenvalue weighted by Gasteiger charge is 2.43. The van der Waals surface area contributed by atoms with Crippen LogP contribution < -0.4 is 10.1 Å². The van der Waals surface area contributed by atoms with Crippen molar-refractivity contribution in [1.29, 1.82) is 0 Å². The predicted molar refractivity (Wildman–Crippen MR) is 111 cm³/mol. The molecule has 5 rings (SSSR count). The molecule has 1 saturated heterocycles. The summed E-state index contributed by atoms with van der Waals surface area (Å²) in [6.07, 6.45) is -3.66. The number of halogens is 4. The van der Waals surface area contributed by atoms with Crippen molar-refractivity contribution in [1.82, 2.24) is 15.5 Å². The molecule has 1 aliphatic carbocycles. The number of amides is 1. The molecular weight excluding hydrogens is 479 g/mol. The van der Waals surface area contributed by atoms with Crippen LogP contribution in [0.1, 0.15) is 61.5 Å². The van der Waals surface area contributed by atoms with Crippen LogP contribution in [0.3, 0.4) is 0 Å². The first-order valence-corrected chi connectivity index (χ1v) is 11.6. The van der Waals surface area contributed by atoms with Gasteiger partial charge in [-0.2, -0.15) is 0 Å². The Morgan fingerprint density at radius 1 is 1.15 bits per heavy atom. The molecule has 2 aromatic rings. The lowest BCUT2D eigenvalue weighted by Gasteiger charge is -2.33. The molecule has 2 fully saturated rings. The monoisotopic (exact) mass is 501 g/mol. The molecule has 1 aromatic carbocycles. The lowest BCUT2D eigenvalue weighted by atomic mass is 9.82. The molecule has 0 spiro atoms. The Morgan fingerprint density at radius 3 is 2.68 bits per heavy atom. The fraction of sp³-hybridized carbons (Fsp3) is 0.591. The summed E-state index contributed by atoms with van der Waals surface area (Å²) in [7, 11) is 0. The number of carbonyl (C=O) groups excluding carboxylic acids is 1. The Bertz CT molecular complexity index is 1040. The van der Waals surface area contributed by atoms with Gasteiger partial charge in [0.1, 0.15) is 11.9 Å². The van der Waals surface area contributed by atoms with E-state index in [0.29, 0.717) is 48.2 Å². The van der Waals surface area contributed by atoms with Crippen LogP contribution in [-0.2, 0) is 20.7 Å². The van der Waals surface area contributed by atoms with Crippen LogP contribution >= 0.6 is 11.6 Å². The maximum absolute atomic E-state index is 12.7. The Hall–Kier alpha value is -2.37. The first-order chi connectivity index (χ1) is 16.2. The van der Waals surface area contributed by atoms with E-state index in [9.17, 15) is 18.0 Å². The van der Waals surface area contributed by atoms with Crippen molar-refractivity contribution in [3.63, 3.8) is 0 Å². The minimum atomic E-state index is -4.64. The maximum Gasteiger partial charge on any atom is 0.522 e. The average Bonchev–Trinajstić information content (AvgIpc) is 3.25. The number of aromatic nitrogens is 2. The quantitative estimate of drug-likeness (QED) is 0.654. The van der Waals surface area contributed by atoms with Gasteiger partial charge in [0.2, 0.25) is 11.8 Å². The van der Waals surface area contributed by atoms with E-state index in [4.69, 9.17) is 25.5 Å². The Morgan fingerprint density at radius 2 is 1.94 bits per heavy atom. The number of alkyl halides is 3. The summed E-state index contributed by atoms with van der Waals surface area (Å²) in [6, 6.07) is 5.19. The van der Waals surface area contributed by atoms with Gasteiger partial charge in [0, 0.05) is 10.9 Å². The molecule has 1 saturated carbocycles. The molecule has 3 aliphatic rings. The van der Waals surface area contributed by atoms with E-state index in [1.54, 1.807) is 12.1 Å². The summed E-state index contributed by atoms with van der Waals surface area (Å²) in [4.78, 5) is 12.7. The Labute approximate surface area is 198 Å². The molecule has 8 nitrogen and oxygen atoms in total.